The van der Waals surface area contributed by atoms with Crippen LogP contribution in [0.2, 0.25) is 0 Å². The first-order valence-electron chi connectivity index (χ1n) is 3.49. The number of halogens is 4. The van der Waals surface area contributed by atoms with Gasteiger partial charge in [-0.15, -0.1) is 0 Å². The summed E-state index contributed by atoms with van der Waals surface area (Å²) in [4.78, 5) is 0. The molecule has 1 rings (SSSR count). The minimum atomic E-state index is -4.59. The molecule has 6 heteroatoms. The Bertz CT molecular complexity index is 359. The largest absolute Gasteiger partial charge is 0.417 e. The Morgan fingerprint density at radius 2 is 1.93 bits per heavy atom. The van der Waals surface area contributed by atoms with Crippen LogP contribution in [0.1, 0.15) is 11.1 Å². The average molecular weight is 207 g/mol. The van der Waals surface area contributed by atoms with Crippen LogP contribution < -0.4 is 0 Å². The van der Waals surface area contributed by atoms with E-state index in [4.69, 9.17) is 5.21 Å². The molecule has 0 heterocycles. The van der Waals surface area contributed by atoms with Gasteiger partial charge in [-0.3, -0.25) is 0 Å². The van der Waals surface area contributed by atoms with Gasteiger partial charge in [0, 0.05) is 5.56 Å². The second-order valence-electron chi connectivity index (χ2n) is 2.47. The first kappa shape index (κ1) is 10.5. The third-order valence-electron chi connectivity index (χ3n) is 1.52. The lowest BCUT2D eigenvalue weighted by Crippen LogP contribution is -2.09. The summed E-state index contributed by atoms with van der Waals surface area (Å²) >= 11 is 0. The maximum absolute atomic E-state index is 12.5. The van der Waals surface area contributed by atoms with Crippen LogP contribution in [0.4, 0.5) is 17.6 Å². The van der Waals surface area contributed by atoms with E-state index in [-0.39, 0.29) is 0 Å². The lowest BCUT2D eigenvalue weighted by Gasteiger charge is -2.08. The van der Waals surface area contributed by atoms with Crippen LogP contribution >= 0.6 is 0 Å². The fourth-order valence-electron chi connectivity index (χ4n) is 0.961. The fraction of sp³-hybridized carbons (Fsp3) is 0.125. The number of hydrogen-bond acceptors (Lipinski definition) is 2. The van der Waals surface area contributed by atoms with Crippen molar-refractivity contribution >= 4 is 6.21 Å². The molecule has 0 bridgehead atoms. The van der Waals surface area contributed by atoms with Crippen molar-refractivity contribution in [2.75, 3.05) is 0 Å². The standard InChI is InChI=1S/C8H5F4NO/c9-6-1-2-7(8(10,11)12)5(3-6)4-13-14/h1-4,14H. The lowest BCUT2D eigenvalue weighted by molar-refractivity contribution is -0.137. The van der Waals surface area contributed by atoms with Crippen LogP contribution in [0.5, 0.6) is 0 Å². The predicted molar refractivity (Wildman–Crippen MR) is 40.8 cm³/mol. The van der Waals surface area contributed by atoms with Crippen molar-refractivity contribution in [3.63, 3.8) is 0 Å². The molecule has 0 unspecified atom stereocenters. The van der Waals surface area contributed by atoms with Crippen molar-refractivity contribution in [2.24, 2.45) is 5.16 Å². The van der Waals surface area contributed by atoms with E-state index in [1.165, 1.54) is 0 Å². The summed E-state index contributed by atoms with van der Waals surface area (Å²) in [7, 11) is 0. The second-order valence-corrected chi connectivity index (χ2v) is 2.47. The molecule has 1 aromatic rings. The molecule has 1 aromatic carbocycles. The third kappa shape index (κ3) is 2.21. The Hall–Kier alpha value is -1.59. The number of hydrogen-bond donors (Lipinski definition) is 1. The van der Waals surface area contributed by atoms with E-state index in [0.29, 0.717) is 24.4 Å². The van der Waals surface area contributed by atoms with E-state index in [9.17, 15) is 17.6 Å². The summed E-state index contributed by atoms with van der Waals surface area (Å²) in [6, 6.07) is 1.92. The van der Waals surface area contributed by atoms with Gasteiger partial charge in [0.25, 0.3) is 0 Å². The van der Waals surface area contributed by atoms with Gasteiger partial charge in [0.15, 0.2) is 0 Å². The highest BCUT2D eigenvalue weighted by molar-refractivity contribution is 5.81. The highest BCUT2D eigenvalue weighted by atomic mass is 19.4. The van der Waals surface area contributed by atoms with E-state index < -0.39 is 23.1 Å². The van der Waals surface area contributed by atoms with Crippen molar-refractivity contribution in [3.05, 3.63) is 35.1 Å². The molecule has 76 valence electrons. The number of benzene rings is 1. The van der Waals surface area contributed by atoms with Crippen molar-refractivity contribution in [3.8, 4) is 0 Å². The first-order chi connectivity index (χ1) is 6.45. The Balaban J connectivity index is 3.29. The second kappa shape index (κ2) is 3.65. The zero-order valence-corrected chi connectivity index (χ0v) is 6.72. The molecule has 2 nitrogen and oxygen atoms in total. The zero-order chi connectivity index (χ0) is 10.8. The van der Waals surface area contributed by atoms with E-state index >= 15 is 0 Å². The number of oxime groups is 1. The van der Waals surface area contributed by atoms with Crippen LogP contribution in [0.3, 0.4) is 0 Å². The average Bonchev–Trinajstić information content (AvgIpc) is 2.02. The van der Waals surface area contributed by atoms with Crippen LogP contribution in [0.15, 0.2) is 23.4 Å². The molecule has 0 radical (unpaired) electrons. The van der Waals surface area contributed by atoms with E-state index in [1.807, 2.05) is 0 Å². The minimum Gasteiger partial charge on any atom is -0.411 e. The summed E-state index contributed by atoms with van der Waals surface area (Å²) < 4.78 is 49.3. The molecule has 0 aliphatic heterocycles. The van der Waals surface area contributed by atoms with Crippen molar-refractivity contribution in [2.45, 2.75) is 6.18 Å². The van der Waals surface area contributed by atoms with Gasteiger partial charge in [-0.05, 0) is 18.2 Å². The Morgan fingerprint density at radius 3 is 2.43 bits per heavy atom. The van der Waals surface area contributed by atoms with E-state index in [2.05, 4.69) is 5.16 Å². The fourth-order valence-corrected chi connectivity index (χ4v) is 0.961. The number of rotatable bonds is 1. The summed E-state index contributed by atoms with van der Waals surface area (Å²) in [6.07, 6.45) is -4.06. The molecule has 0 amide bonds. The Morgan fingerprint density at radius 1 is 1.29 bits per heavy atom. The molecule has 0 fully saturated rings. The smallest absolute Gasteiger partial charge is 0.411 e. The summed E-state index contributed by atoms with van der Waals surface area (Å²) in [6.45, 7) is 0. The highest BCUT2D eigenvalue weighted by Crippen LogP contribution is 2.31. The van der Waals surface area contributed by atoms with Crippen LogP contribution in [-0.4, -0.2) is 11.4 Å². The molecule has 14 heavy (non-hydrogen) atoms. The molecule has 0 atom stereocenters. The highest BCUT2D eigenvalue weighted by Gasteiger charge is 2.33. The SMILES string of the molecule is ON=Cc1cc(F)ccc1C(F)(F)F. The van der Waals surface area contributed by atoms with Gasteiger partial charge in [-0.2, -0.15) is 13.2 Å². The van der Waals surface area contributed by atoms with Crippen molar-refractivity contribution in [1.29, 1.82) is 0 Å². The molecule has 0 aliphatic rings. The Kier molecular flexibility index (Phi) is 2.73. The van der Waals surface area contributed by atoms with Crippen LogP contribution in [0, 0.1) is 5.82 Å². The topological polar surface area (TPSA) is 32.6 Å². The van der Waals surface area contributed by atoms with Gasteiger partial charge >= 0.3 is 6.18 Å². The van der Waals surface area contributed by atoms with Gasteiger partial charge in [0.1, 0.15) is 5.82 Å². The molecule has 0 saturated carbocycles. The van der Waals surface area contributed by atoms with E-state index in [0.717, 1.165) is 0 Å². The van der Waals surface area contributed by atoms with Gasteiger partial charge < -0.3 is 5.21 Å². The van der Waals surface area contributed by atoms with Crippen LogP contribution in [-0.2, 0) is 6.18 Å². The third-order valence-corrected chi connectivity index (χ3v) is 1.52. The van der Waals surface area contributed by atoms with Gasteiger partial charge in [-0.1, -0.05) is 5.16 Å². The van der Waals surface area contributed by atoms with Gasteiger partial charge in [0.2, 0.25) is 0 Å². The summed E-state index contributed by atoms with van der Waals surface area (Å²) in [5.74, 6) is -0.826. The predicted octanol–water partition coefficient (Wildman–Crippen LogP) is 2.65. The summed E-state index contributed by atoms with van der Waals surface area (Å²) in [5, 5.41) is 10.5. The first-order valence-corrected chi connectivity index (χ1v) is 3.49. The normalized spacial score (nSPS) is 12.3. The van der Waals surface area contributed by atoms with Crippen LogP contribution in [0.25, 0.3) is 0 Å². The molecule has 0 aliphatic carbocycles. The molecular weight excluding hydrogens is 202 g/mol. The Labute approximate surface area is 76.5 Å². The van der Waals surface area contributed by atoms with Crippen molar-refractivity contribution in [1.82, 2.24) is 0 Å². The molecular formula is C8H5F4NO. The number of nitrogens with zero attached hydrogens (tertiary/aromatic N) is 1. The van der Waals surface area contributed by atoms with Crippen molar-refractivity contribution < 1.29 is 22.8 Å². The molecule has 0 aromatic heterocycles. The molecule has 0 saturated heterocycles. The maximum Gasteiger partial charge on any atom is 0.417 e. The monoisotopic (exact) mass is 207 g/mol. The molecule has 1 N–H and O–H groups in total. The number of alkyl halides is 3. The van der Waals surface area contributed by atoms with Gasteiger partial charge in [-0.25, -0.2) is 4.39 Å². The van der Waals surface area contributed by atoms with E-state index in [1.54, 1.807) is 0 Å². The van der Waals surface area contributed by atoms with Gasteiger partial charge in [0.05, 0.1) is 11.8 Å². The minimum absolute atomic E-state index is 0.514. The maximum atomic E-state index is 12.5. The summed E-state index contributed by atoms with van der Waals surface area (Å²) in [5.41, 5.74) is -1.56. The quantitative estimate of drug-likeness (QED) is 0.326. The molecule has 0 spiro atoms. The zero-order valence-electron chi connectivity index (χ0n) is 6.72. The lowest BCUT2D eigenvalue weighted by atomic mass is 10.1.